The fraction of sp³-hybridized carbons (Fsp3) is 0.167. The van der Waals surface area contributed by atoms with E-state index in [1.165, 1.54) is 6.07 Å². The Morgan fingerprint density at radius 2 is 1.87 bits per heavy atom. The summed E-state index contributed by atoms with van der Waals surface area (Å²) in [6, 6.07) is 13.1. The second-order valence-corrected chi connectivity index (χ2v) is 5.33. The predicted molar refractivity (Wildman–Crippen MR) is 98.0 cm³/mol. The minimum absolute atomic E-state index is 0. The molecule has 23 heavy (non-hydrogen) atoms. The van der Waals surface area contributed by atoms with Gasteiger partial charge in [-0.3, -0.25) is 4.98 Å². The first-order valence-corrected chi connectivity index (χ1v) is 7.00. The van der Waals surface area contributed by atoms with E-state index in [4.69, 9.17) is 5.73 Å². The quantitative estimate of drug-likeness (QED) is 0.733. The smallest absolute Gasteiger partial charge is 0.127 e. The number of nitrogens with two attached hydrogens (primary N) is 1. The van der Waals surface area contributed by atoms with E-state index in [1.54, 1.807) is 6.20 Å². The monoisotopic (exact) mass is 352 g/mol. The first kappa shape index (κ1) is 19.4. The molecule has 1 unspecified atom stereocenters. The zero-order valence-electron chi connectivity index (χ0n) is 12.7. The van der Waals surface area contributed by atoms with Crippen LogP contribution in [-0.4, -0.2) is 4.98 Å². The van der Waals surface area contributed by atoms with Gasteiger partial charge < -0.3 is 5.73 Å². The largest absolute Gasteiger partial charge is 0.324 e. The zero-order valence-corrected chi connectivity index (χ0v) is 14.3. The topological polar surface area (TPSA) is 38.9 Å². The van der Waals surface area contributed by atoms with Crippen LogP contribution in [0.3, 0.4) is 0 Å². The number of benzene rings is 2. The van der Waals surface area contributed by atoms with Gasteiger partial charge in [-0.1, -0.05) is 30.3 Å². The number of rotatable bonds is 3. The highest BCUT2D eigenvalue weighted by Crippen LogP contribution is 2.23. The van der Waals surface area contributed by atoms with E-state index in [1.807, 2.05) is 49.5 Å². The molecule has 2 aromatic carbocycles. The molecular formula is C18H19Cl2FN2. The van der Waals surface area contributed by atoms with Crippen molar-refractivity contribution in [2.45, 2.75) is 19.4 Å². The minimum Gasteiger partial charge on any atom is -0.324 e. The molecule has 1 atom stereocenters. The highest BCUT2D eigenvalue weighted by Gasteiger charge is 2.09. The number of hydrogen-bond donors (Lipinski definition) is 1. The van der Waals surface area contributed by atoms with Gasteiger partial charge in [0.1, 0.15) is 5.82 Å². The van der Waals surface area contributed by atoms with Gasteiger partial charge in [-0.25, -0.2) is 4.39 Å². The molecule has 0 fully saturated rings. The maximum atomic E-state index is 14.2. The van der Waals surface area contributed by atoms with E-state index in [0.29, 0.717) is 12.0 Å². The average molecular weight is 353 g/mol. The lowest BCUT2D eigenvalue weighted by Gasteiger charge is -2.10. The molecule has 0 aliphatic heterocycles. The Morgan fingerprint density at radius 1 is 1.09 bits per heavy atom. The molecule has 0 saturated heterocycles. The van der Waals surface area contributed by atoms with Gasteiger partial charge in [-0.2, -0.15) is 0 Å². The molecule has 0 aliphatic carbocycles. The fourth-order valence-corrected chi connectivity index (χ4v) is 2.54. The summed E-state index contributed by atoms with van der Waals surface area (Å²) in [5.74, 6) is -0.198. The first-order chi connectivity index (χ1) is 10.1. The molecule has 0 radical (unpaired) electrons. The summed E-state index contributed by atoms with van der Waals surface area (Å²) in [5.41, 5.74) is 8.39. The van der Waals surface area contributed by atoms with Gasteiger partial charge in [0.2, 0.25) is 0 Å². The third kappa shape index (κ3) is 4.20. The lowest BCUT2D eigenvalue weighted by Crippen LogP contribution is -2.06. The van der Waals surface area contributed by atoms with Crippen molar-refractivity contribution >= 4 is 35.6 Å². The molecule has 0 amide bonds. The maximum absolute atomic E-state index is 14.2. The van der Waals surface area contributed by atoms with E-state index in [2.05, 4.69) is 4.98 Å². The molecule has 1 aromatic heterocycles. The van der Waals surface area contributed by atoms with Crippen LogP contribution in [0.1, 0.15) is 29.7 Å². The van der Waals surface area contributed by atoms with E-state index >= 15 is 0 Å². The van der Waals surface area contributed by atoms with Crippen molar-refractivity contribution in [1.82, 2.24) is 4.98 Å². The summed E-state index contributed by atoms with van der Waals surface area (Å²) >= 11 is 0. The van der Waals surface area contributed by atoms with Crippen LogP contribution in [0.4, 0.5) is 4.39 Å². The molecule has 5 heteroatoms. The summed E-state index contributed by atoms with van der Waals surface area (Å²) in [6.07, 6.45) is 4.15. The normalized spacial score (nSPS) is 11.4. The van der Waals surface area contributed by atoms with E-state index in [-0.39, 0.29) is 36.7 Å². The second-order valence-electron chi connectivity index (χ2n) is 5.33. The Balaban J connectivity index is 0.00000132. The van der Waals surface area contributed by atoms with Crippen molar-refractivity contribution in [1.29, 1.82) is 0 Å². The molecule has 2 nitrogen and oxygen atoms in total. The SMILES string of the molecule is CC(N)c1ccc(Cc2cccc3cnccc23)c(F)c1.Cl.Cl. The highest BCUT2D eigenvalue weighted by atomic mass is 35.5. The summed E-state index contributed by atoms with van der Waals surface area (Å²) in [4.78, 5) is 4.12. The Morgan fingerprint density at radius 3 is 2.57 bits per heavy atom. The Kier molecular flexibility index (Phi) is 6.95. The molecule has 2 N–H and O–H groups in total. The highest BCUT2D eigenvalue weighted by molar-refractivity contribution is 5.86. The number of fused-ring (bicyclic) bond motifs is 1. The number of hydrogen-bond acceptors (Lipinski definition) is 2. The van der Waals surface area contributed by atoms with Crippen LogP contribution < -0.4 is 5.73 Å². The molecule has 122 valence electrons. The molecular weight excluding hydrogens is 334 g/mol. The Hall–Kier alpha value is -1.68. The number of aromatic nitrogens is 1. The van der Waals surface area contributed by atoms with Gasteiger partial charge in [0.15, 0.2) is 0 Å². The van der Waals surface area contributed by atoms with E-state index < -0.39 is 0 Å². The first-order valence-electron chi connectivity index (χ1n) is 7.00. The molecule has 3 rings (SSSR count). The third-order valence-electron chi connectivity index (χ3n) is 3.75. The Labute approximate surface area is 147 Å². The van der Waals surface area contributed by atoms with Crippen LogP contribution in [0.5, 0.6) is 0 Å². The van der Waals surface area contributed by atoms with Gasteiger partial charge in [-0.05, 0) is 41.1 Å². The van der Waals surface area contributed by atoms with Crippen LogP contribution in [0, 0.1) is 5.82 Å². The molecule has 0 aliphatic rings. The van der Waals surface area contributed by atoms with Gasteiger partial charge in [0.05, 0.1) is 0 Å². The summed E-state index contributed by atoms with van der Waals surface area (Å²) in [7, 11) is 0. The molecule has 1 heterocycles. The fourth-order valence-electron chi connectivity index (χ4n) is 2.54. The van der Waals surface area contributed by atoms with Crippen LogP contribution in [0.25, 0.3) is 10.8 Å². The van der Waals surface area contributed by atoms with E-state index in [9.17, 15) is 4.39 Å². The van der Waals surface area contributed by atoms with Crippen molar-refractivity contribution < 1.29 is 4.39 Å². The average Bonchev–Trinajstić information content (AvgIpc) is 2.49. The zero-order chi connectivity index (χ0) is 14.8. The van der Waals surface area contributed by atoms with Crippen LogP contribution >= 0.6 is 24.8 Å². The van der Waals surface area contributed by atoms with Crippen molar-refractivity contribution in [3.8, 4) is 0 Å². The third-order valence-corrected chi connectivity index (χ3v) is 3.75. The Bertz CT molecular complexity index is 786. The van der Waals surface area contributed by atoms with Crippen molar-refractivity contribution in [3.05, 3.63) is 77.4 Å². The molecule has 0 bridgehead atoms. The summed E-state index contributed by atoms with van der Waals surface area (Å²) in [6.45, 7) is 1.85. The number of halogens is 3. The molecule has 0 saturated carbocycles. The number of nitrogens with zero attached hydrogens (tertiary/aromatic N) is 1. The van der Waals surface area contributed by atoms with Crippen LogP contribution in [0.2, 0.25) is 0 Å². The lowest BCUT2D eigenvalue weighted by molar-refractivity contribution is 0.609. The van der Waals surface area contributed by atoms with Gasteiger partial charge in [0.25, 0.3) is 0 Å². The molecule has 0 spiro atoms. The van der Waals surface area contributed by atoms with Crippen molar-refractivity contribution in [2.24, 2.45) is 5.73 Å². The number of pyridine rings is 1. The standard InChI is InChI=1S/C18H17FN2.2ClH/c1-12(20)13-5-6-15(18(19)10-13)9-14-3-2-4-16-11-21-8-7-17(14)16;;/h2-8,10-12H,9,20H2,1H3;2*1H. The lowest BCUT2D eigenvalue weighted by atomic mass is 9.97. The summed E-state index contributed by atoms with van der Waals surface area (Å²) < 4.78 is 14.2. The van der Waals surface area contributed by atoms with Gasteiger partial charge in [0, 0.05) is 30.2 Å². The maximum Gasteiger partial charge on any atom is 0.127 e. The van der Waals surface area contributed by atoms with Crippen molar-refractivity contribution in [2.75, 3.05) is 0 Å². The van der Waals surface area contributed by atoms with Crippen molar-refractivity contribution in [3.63, 3.8) is 0 Å². The van der Waals surface area contributed by atoms with Gasteiger partial charge >= 0.3 is 0 Å². The predicted octanol–water partition coefficient (Wildman–Crippen LogP) is 4.83. The summed E-state index contributed by atoms with van der Waals surface area (Å²) in [5, 5.41) is 2.19. The van der Waals surface area contributed by atoms with Crippen LogP contribution in [0.15, 0.2) is 54.9 Å². The second kappa shape index (κ2) is 8.25. The van der Waals surface area contributed by atoms with Crippen LogP contribution in [-0.2, 0) is 6.42 Å². The van der Waals surface area contributed by atoms with E-state index in [0.717, 1.165) is 21.9 Å². The van der Waals surface area contributed by atoms with Gasteiger partial charge in [-0.15, -0.1) is 24.8 Å². The minimum atomic E-state index is -0.198. The molecule has 3 aromatic rings.